The molecule has 0 saturated carbocycles. The molecule has 19 heavy (non-hydrogen) atoms. The summed E-state index contributed by atoms with van der Waals surface area (Å²) in [6.07, 6.45) is 2.35. The number of hydrogen-bond donors (Lipinski definition) is 0. The lowest BCUT2D eigenvalue weighted by Gasteiger charge is -2.28. The van der Waals surface area contributed by atoms with Crippen molar-refractivity contribution in [3.05, 3.63) is 5.28 Å². The Morgan fingerprint density at radius 2 is 1.84 bits per heavy atom. The summed E-state index contributed by atoms with van der Waals surface area (Å²) in [5.41, 5.74) is 0. The fourth-order valence-electron chi connectivity index (χ4n) is 2.59. The van der Waals surface area contributed by atoms with Crippen molar-refractivity contribution in [3.8, 4) is 0 Å². The summed E-state index contributed by atoms with van der Waals surface area (Å²) in [7, 11) is 0. The van der Waals surface area contributed by atoms with Crippen LogP contribution in [-0.2, 0) is 4.74 Å². The fourth-order valence-corrected chi connectivity index (χ4v) is 2.74. The van der Waals surface area contributed by atoms with Gasteiger partial charge < -0.3 is 14.5 Å². The summed E-state index contributed by atoms with van der Waals surface area (Å²) < 4.78 is 5.34. The van der Waals surface area contributed by atoms with Crippen LogP contribution in [0.15, 0.2) is 0 Å². The molecule has 2 aliphatic rings. The van der Waals surface area contributed by atoms with Gasteiger partial charge >= 0.3 is 0 Å². The van der Waals surface area contributed by atoms with Crippen molar-refractivity contribution in [1.82, 2.24) is 15.0 Å². The number of anilines is 2. The molecule has 6 nitrogen and oxygen atoms in total. The van der Waals surface area contributed by atoms with Crippen LogP contribution in [-0.4, -0.2) is 53.8 Å². The van der Waals surface area contributed by atoms with Crippen molar-refractivity contribution >= 4 is 23.5 Å². The van der Waals surface area contributed by atoms with E-state index in [1.165, 1.54) is 12.8 Å². The molecule has 2 saturated heterocycles. The first-order valence-electron chi connectivity index (χ1n) is 6.75. The molecule has 2 fully saturated rings. The smallest absolute Gasteiger partial charge is 0.231 e. The Kier molecular flexibility index (Phi) is 3.70. The Balaban J connectivity index is 1.86. The summed E-state index contributed by atoms with van der Waals surface area (Å²) in [4.78, 5) is 17.4. The van der Waals surface area contributed by atoms with Gasteiger partial charge in [0.05, 0.1) is 13.2 Å². The van der Waals surface area contributed by atoms with E-state index in [2.05, 4.69) is 31.7 Å². The molecule has 3 rings (SSSR count). The molecule has 104 valence electrons. The first-order chi connectivity index (χ1) is 9.24. The van der Waals surface area contributed by atoms with E-state index in [-0.39, 0.29) is 5.28 Å². The van der Waals surface area contributed by atoms with E-state index in [0.29, 0.717) is 31.2 Å². The normalized spacial score (nSPS) is 24.0. The number of rotatable bonds is 2. The highest BCUT2D eigenvalue weighted by Gasteiger charge is 2.25. The quantitative estimate of drug-likeness (QED) is 0.817. The average molecular weight is 284 g/mol. The van der Waals surface area contributed by atoms with Crippen molar-refractivity contribution in [3.63, 3.8) is 0 Å². The van der Waals surface area contributed by atoms with E-state index in [0.717, 1.165) is 19.6 Å². The maximum atomic E-state index is 6.05. The van der Waals surface area contributed by atoms with Gasteiger partial charge in [-0.3, -0.25) is 0 Å². The Labute approximate surface area is 117 Å². The van der Waals surface area contributed by atoms with Gasteiger partial charge in [-0.15, -0.1) is 0 Å². The molecule has 1 aromatic rings. The molecule has 1 unspecified atom stereocenters. The molecular weight excluding hydrogens is 266 g/mol. The van der Waals surface area contributed by atoms with E-state index in [1.54, 1.807) is 0 Å². The zero-order valence-corrected chi connectivity index (χ0v) is 11.8. The van der Waals surface area contributed by atoms with Crippen LogP contribution < -0.4 is 9.80 Å². The monoisotopic (exact) mass is 283 g/mol. The van der Waals surface area contributed by atoms with Crippen molar-refractivity contribution in [1.29, 1.82) is 0 Å². The van der Waals surface area contributed by atoms with Gasteiger partial charge in [-0.2, -0.15) is 15.0 Å². The summed E-state index contributed by atoms with van der Waals surface area (Å²) in [6, 6.07) is 0.469. The number of hydrogen-bond acceptors (Lipinski definition) is 6. The predicted molar refractivity (Wildman–Crippen MR) is 73.9 cm³/mol. The number of nitrogens with zero attached hydrogens (tertiary/aromatic N) is 5. The first kappa shape index (κ1) is 12.9. The minimum absolute atomic E-state index is 0.269. The second kappa shape index (κ2) is 5.46. The van der Waals surface area contributed by atoms with E-state index in [1.807, 2.05) is 0 Å². The lowest BCUT2D eigenvalue weighted by atomic mass is 10.2. The van der Waals surface area contributed by atoms with Crippen LogP contribution in [0.5, 0.6) is 0 Å². The number of aromatic nitrogens is 3. The third kappa shape index (κ3) is 2.74. The van der Waals surface area contributed by atoms with Gasteiger partial charge in [0, 0.05) is 25.7 Å². The minimum atomic E-state index is 0.269. The molecular formula is C12H18ClN5O. The number of halogens is 1. The highest BCUT2D eigenvalue weighted by Crippen LogP contribution is 2.24. The molecule has 0 radical (unpaired) electrons. The summed E-state index contributed by atoms with van der Waals surface area (Å²) >= 11 is 6.05. The van der Waals surface area contributed by atoms with Crippen LogP contribution >= 0.6 is 11.6 Å². The summed E-state index contributed by atoms with van der Waals surface area (Å²) in [6.45, 7) is 6.20. The highest BCUT2D eigenvalue weighted by molar-refractivity contribution is 6.28. The molecule has 0 bridgehead atoms. The molecule has 0 aromatic carbocycles. The van der Waals surface area contributed by atoms with Crippen LogP contribution in [0.25, 0.3) is 0 Å². The van der Waals surface area contributed by atoms with Crippen molar-refractivity contribution in [2.24, 2.45) is 0 Å². The second-order valence-corrected chi connectivity index (χ2v) is 5.33. The van der Waals surface area contributed by atoms with Gasteiger partial charge in [-0.25, -0.2) is 0 Å². The van der Waals surface area contributed by atoms with Crippen LogP contribution in [0, 0.1) is 0 Å². The zero-order chi connectivity index (χ0) is 13.2. The van der Waals surface area contributed by atoms with Crippen molar-refractivity contribution in [2.75, 3.05) is 42.6 Å². The van der Waals surface area contributed by atoms with Gasteiger partial charge in [0.25, 0.3) is 0 Å². The highest BCUT2D eigenvalue weighted by atomic mass is 35.5. The largest absolute Gasteiger partial charge is 0.378 e. The van der Waals surface area contributed by atoms with Crippen LogP contribution in [0.2, 0.25) is 5.28 Å². The Bertz CT molecular complexity index is 452. The molecule has 0 spiro atoms. The van der Waals surface area contributed by atoms with Crippen molar-refractivity contribution in [2.45, 2.75) is 25.8 Å². The maximum absolute atomic E-state index is 6.05. The van der Waals surface area contributed by atoms with Gasteiger partial charge in [0.2, 0.25) is 17.2 Å². The summed E-state index contributed by atoms with van der Waals surface area (Å²) in [5.74, 6) is 1.36. The SMILES string of the molecule is CC1CCCN1c1nc(Cl)nc(N2CCOCC2)n1. The van der Waals surface area contributed by atoms with Gasteiger partial charge in [-0.05, 0) is 31.4 Å². The first-order valence-corrected chi connectivity index (χ1v) is 7.13. The number of morpholine rings is 1. The van der Waals surface area contributed by atoms with E-state index >= 15 is 0 Å². The minimum Gasteiger partial charge on any atom is -0.378 e. The fraction of sp³-hybridized carbons (Fsp3) is 0.750. The maximum Gasteiger partial charge on any atom is 0.231 e. The van der Waals surface area contributed by atoms with Gasteiger partial charge in [0.1, 0.15) is 0 Å². The van der Waals surface area contributed by atoms with E-state index in [4.69, 9.17) is 16.3 Å². The third-order valence-electron chi connectivity index (χ3n) is 3.69. The Morgan fingerprint density at radius 1 is 1.11 bits per heavy atom. The standard InChI is InChI=1S/C12H18ClN5O/c1-9-3-2-4-18(9)12-15-10(13)14-11(16-12)17-5-7-19-8-6-17/h9H,2-8H2,1H3. The molecule has 7 heteroatoms. The number of ether oxygens (including phenoxy) is 1. The summed E-state index contributed by atoms with van der Waals surface area (Å²) in [5, 5.41) is 0.269. The topological polar surface area (TPSA) is 54.4 Å². The molecule has 3 heterocycles. The molecule has 0 aliphatic carbocycles. The van der Waals surface area contributed by atoms with Crippen LogP contribution in [0.1, 0.15) is 19.8 Å². The average Bonchev–Trinajstić information content (AvgIpc) is 2.85. The van der Waals surface area contributed by atoms with E-state index < -0.39 is 0 Å². The lowest BCUT2D eigenvalue weighted by molar-refractivity contribution is 0.122. The van der Waals surface area contributed by atoms with Crippen molar-refractivity contribution < 1.29 is 4.74 Å². The van der Waals surface area contributed by atoms with Gasteiger partial charge in [-0.1, -0.05) is 0 Å². The molecule has 2 aliphatic heterocycles. The van der Waals surface area contributed by atoms with Crippen LogP contribution in [0.4, 0.5) is 11.9 Å². The molecule has 1 aromatic heterocycles. The molecule has 0 amide bonds. The Morgan fingerprint density at radius 3 is 2.53 bits per heavy atom. The zero-order valence-electron chi connectivity index (χ0n) is 11.0. The third-order valence-corrected chi connectivity index (χ3v) is 3.86. The predicted octanol–water partition coefficient (Wildman–Crippen LogP) is 1.35. The molecule has 1 atom stereocenters. The molecule has 0 N–H and O–H groups in total. The van der Waals surface area contributed by atoms with Gasteiger partial charge in [0.15, 0.2) is 0 Å². The van der Waals surface area contributed by atoms with E-state index in [9.17, 15) is 0 Å². The van der Waals surface area contributed by atoms with Crippen LogP contribution in [0.3, 0.4) is 0 Å². The Hall–Kier alpha value is -1.14. The second-order valence-electron chi connectivity index (χ2n) is 4.99. The lowest BCUT2D eigenvalue weighted by Crippen LogP contribution is -2.38.